The zero-order chi connectivity index (χ0) is 15.8. The zero-order valence-corrected chi connectivity index (χ0v) is 13.7. The second kappa shape index (κ2) is 8.83. The summed E-state index contributed by atoms with van der Waals surface area (Å²) in [5.74, 6) is 0.584. The molecule has 1 rings (SSSR count). The van der Waals surface area contributed by atoms with E-state index in [9.17, 15) is 9.90 Å². The van der Waals surface area contributed by atoms with E-state index in [2.05, 4.69) is 31.3 Å². The summed E-state index contributed by atoms with van der Waals surface area (Å²) in [5, 5.41) is 12.7. The maximum Gasteiger partial charge on any atom is 0.223 e. The van der Waals surface area contributed by atoms with Crippen LogP contribution in [0.1, 0.15) is 39.7 Å². The maximum atomic E-state index is 12.3. The van der Waals surface area contributed by atoms with Crippen molar-refractivity contribution in [2.24, 2.45) is 17.8 Å². The van der Waals surface area contributed by atoms with E-state index in [1.165, 1.54) is 5.56 Å². The molecular weight excluding hydrogens is 262 g/mol. The van der Waals surface area contributed by atoms with Gasteiger partial charge in [0.15, 0.2) is 0 Å². The number of hydrogen-bond acceptors (Lipinski definition) is 2. The first-order valence-corrected chi connectivity index (χ1v) is 7.91. The van der Waals surface area contributed by atoms with E-state index >= 15 is 0 Å². The van der Waals surface area contributed by atoms with E-state index < -0.39 is 0 Å². The smallest absolute Gasteiger partial charge is 0.223 e. The molecule has 0 aliphatic carbocycles. The second-order valence-electron chi connectivity index (χ2n) is 6.43. The summed E-state index contributed by atoms with van der Waals surface area (Å²) < 4.78 is 0. The number of amides is 1. The van der Waals surface area contributed by atoms with Gasteiger partial charge in [-0.2, -0.15) is 0 Å². The van der Waals surface area contributed by atoms with Gasteiger partial charge in [-0.1, -0.05) is 58.0 Å². The fraction of sp³-hybridized carbons (Fsp3) is 0.611. The average molecular weight is 291 g/mol. The van der Waals surface area contributed by atoms with Crippen LogP contribution in [0.4, 0.5) is 0 Å². The first-order valence-electron chi connectivity index (χ1n) is 7.91. The normalized spacial score (nSPS) is 14.2. The standard InChI is InChI=1S/C18H29NO2/c1-13(2)16(12-15-8-6-5-7-9-15)18(21)19-11-10-17(20)14(3)4/h5-9,13-14,16-17,20H,10-12H2,1-4H3,(H,19,21). The molecule has 1 aromatic rings. The van der Waals surface area contributed by atoms with Crippen LogP contribution >= 0.6 is 0 Å². The molecule has 1 aromatic carbocycles. The van der Waals surface area contributed by atoms with Crippen molar-refractivity contribution in [3.63, 3.8) is 0 Å². The van der Waals surface area contributed by atoms with Gasteiger partial charge in [0.2, 0.25) is 5.91 Å². The van der Waals surface area contributed by atoms with Gasteiger partial charge < -0.3 is 10.4 Å². The third-order valence-electron chi connectivity index (χ3n) is 3.95. The van der Waals surface area contributed by atoms with Gasteiger partial charge in [-0.05, 0) is 30.2 Å². The summed E-state index contributed by atoms with van der Waals surface area (Å²) >= 11 is 0. The Labute approximate surface area is 128 Å². The number of aliphatic hydroxyl groups excluding tert-OH is 1. The number of nitrogens with one attached hydrogen (secondary N) is 1. The summed E-state index contributed by atoms with van der Waals surface area (Å²) in [5.41, 5.74) is 1.19. The van der Waals surface area contributed by atoms with Crippen molar-refractivity contribution in [3.8, 4) is 0 Å². The quantitative estimate of drug-likeness (QED) is 0.773. The molecule has 2 N–H and O–H groups in total. The average Bonchev–Trinajstić information content (AvgIpc) is 2.45. The van der Waals surface area contributed by atoms with Gasteiger partial charge in [0.1, 0.15) is 0 Å². The van der Waals surface area contributed by atoms with Crippen LogP contribution < -0.4 is 5.32 Å². The molecule has 2 unspecified atom stereocenters. The highest BCUT2D eigenvalue weighted by Gasteiger charge is 2.22. The van der Waals surface area contributed by atoms with Gasteiger partial charge >= 0.3 is 0 Å². The Morgan fingerprint density at radius 1 is 1.10 bits per heavy atom. The SMILES string of the molecule is CC(C)C(O)CCNC(=O)C(Cc1ccccc1)C(C)C. The van der Waals surface area contributed by atoms with Crippen LogP contribution in [0.15, 0.2) is 30.3 Å². The van der Waals surface area contributed by atoms with Gasteiger partial charge in [-0.3, -0.25) is 4.79 Å². The molecule has 0 saturated heterocycles. The number of rotatable bonds is 8. The van der Waals surface area contributed by atoms with E-state index in [1.54, 1.807) is 0 Å². The minimum Gasteiger partial charge on any atom is -0.393 e. The predicted octanol–water partition coefficient (Wildman–Crippen LogP) is 3.02. The molecule has 0 aromatic heterocycles. The number of carbonyl (C=O) groups is 1. The molecule has 0 bridgehead atoms. The van der Waals surface area contributed by atoms with Gasteiger partial charge in [0.25, 0.3) is 0 Å². The first kappa shape index (κ1) is 17.7. The minimum absolute atomic E-state index is 0.0245. The monoisotopic (exact) mass is 291 g/mol. The molecule has 3 nitrogen and oxygen atoms in total. The fourth-order valence-corrected chi connectivity index (χ4v) is 2.31. The molecule has 0 radical (unpaired) electrons. The summed E-state index contributed by atoms with van der Waals surface area (Å²) in [6.45, 7) is 8.67. The van der Waals surface area contributed by atoms with Crippen molar-refractivity contribution in [3.05, 3.63) is 35.9 Å². The van der Waals surface area contributed by atoms with Crippen LogP contribution in [0.25, 0.3) is 0 Å². The molecule has 0 aliphatic rings. The minimum atomic E-state index is -0.350. The van der Waals surface area contributed by atoms with E-state index in [1.807, 2.05) is 32.0 Å². The summed E-state index contributed by atoms with van der Waals surface area (Å²) in [6, 6.07) is 10.1. The van der Waals surface area contributed by atoms with E-state index in [0.29, 0.717) is 18.9 Å². The van der Waals surface area contributed by atoms with Crippen LogP contribution in [0, 0.1) is 17.8 Å². The van der Waals surface area contributed by atoms with Crippen LogP contribution in [-0.2, 0) is 11.2 Å². The molecule has 2 atom stereocenters. The largest absolute Gasteiger partial charge is 0.393 e. The van der Waals surface area contributed by atoms with Crippen molar-refractivity contribution in [2.75, 3.05) is 6.54 Å². The Morgan fingerprint density at radius 2 is 1.71 bits per heavy atom. The third kappa shape index (κ3) is 6.30. The van der Waals surface area contributed by atoms with Gasteiger partial charge in [0, 0.05) is 12.5 Å². The van der Waals surface area contributed by atoms with Crippen LogP contribution in [0.2, 0.25) is 0 Å². The fourth-order valence-electron chi connectivity index (χ4n) is 2.31. The van der Waals surface area contributed by atoms with Crippen molar-refractivity contribution in [1.82, 2.24) is 5.32 Å². The summed E-state index contributed by atoms with van der Waals surface area (Å²) in [7, 11) is 0. The lowest BCUT2D eigenvalue weighted by Crippen LogP contribution is -2.36. The third-order valence-corrected chi connectivity index (χ3v) is 3.95. The molecular formula is C18H29NO2. The molecule has 0 saturated carbocycles. The van der Waals surface area contributed by atoms with Gasteiger partial charge in [-0.25, -0.2) is 0 Å². The molecule has 0 heterocycles. The summed E-state index contributed by atoms with van der Waals surface area (Å²) in [6.07, 6.45) is 1.02. The van der Waals surface area contributed by atoms with Gasteiger partial charge in [0.05, 0.1) is 6.10 Å². The lowest BCUT2D eigenvalue weighted by Gasteiger charge is -2.21. The van der Waals surface area contributed by atoms with Crippen LogP contribution in [0.5, 0.6) is 0 Å². The van der Waals surface area contributed by atoms with Gasteiger partial charge in [-0.15, -0.1) is 0 Å². The Balaban J connectivity index is 2.50. The summed E-state index contributed by atoms with van der Waals surface area (Å²) in [4.78, 5) is 12.3. The molecule has 3 heteroatoms. The number of aliphatic hydroxyl groups is 1. The van der Waals surface area contributed by atoms with Crippen LogP contribution in [-0.4, -0.2) is 23.7 Å². The van der Waals surface area contributed by atoms with E-state index in [4.69, 9.17) is 0 Å². The maximum absolute atomic E-state index is 12.3. The molecule has 21 heavy (non-hydrogen) atoms. The van der Waals surface area contributed by atoms with Crippen molar-refractivity contribution in [2.45, 2.75) is 46.6 Å². The molecule has 1 amide bonds. The van der Waals surface area contributed by atoms with Crippen molar-refractivity contribution >= 4 is 5.91 Å². The lowest BCUT2D eigenvalue weighted by molar-refractivity contribution is -0.126. The van der Waals surface area contributed by atoms with Crippen molar-refractivity contribution < 1.29 is 9.90 Å². The molecule has 0 spiro atoms. The van der Waals surface area contributed by atoms with Crippen LogP contribution in [0.3, 0.4) is 0 Å². The number of carbonyl (C=O) groups excluding carboxylic acids is 1. The predicted molar refractivity (Wildman–Crippen MR) is 86.9 cm³/mol. The topological polar surface area (TPSA) is 49.3 Å². The van der Waals surface area contributed by atoms with Crippen molar-refractivity contribution in [1.29, 1.82) is 0 Å². The molecule has 118 valence electrons. The van der Waals surface area contributed by atoms with E-state index in [-0.39, 0.29) is 23.8 Å². The number of benzene rings is 1. The Hall–Kier alpha value is -1.35. The Kier molecular flexibility index (Phi) is 7.44. The number of hydrogen-bond donors (Lipinski definition) is 2. The van der Waals surface area contributed by atoms with E-state index in [0.717, 1.165) is 6.42 Å². The zero-order valence-electron chi connectivity index (χ0n) is 13.7. The molecule has 0 aliphatic heterocycles. The molecule has 0 fully saturated rings. The highest BCUT2D eigenvalue weighted by atomic mass is 16.3. The highest BCUT2D eigenvalue weighted by molar-refractivity contribution is 5.79. The highest BCUT2D eigenvalue weighted by Crippen LogP contribution is 2.17. The lowest BCUT2D eigenvalue weighted by atomic mass is 9.88. The second-order valence-corrected chi connectivity index (χ2v) is 6.43. The first-order chi connectivity index (χ1) is 9.91. The Bertz CT molecular complexity index is 414. The Morgan fingerprint density at radius 3 is 2.24 bits per heavy atom.